The predicted molar refractivity (Wildman–Crippen MR) is 104 cm³/mol. The van der Waals surface area contributed by atoms with Gasteiger partial charge in [-0.05, 0) is 43.3 Å². The molecule has 0 aliphatic heterocycles. The number of aryl methyl sites for hydroxylation is 1. The van der Waals surface area contributed by atoms with Crippen LogP contribution in [0.15, 0.2) is 79.1 Å². The number of carboxylic acid groups (broad SMARTS) is 1. The first-order valence-corrected chi connectivity index (χ1v) is 8.54. The average Bonchev–Trinajstić information content (AvgIpc) is 3.06. The molecule has 0 saturated heterocycles. The van der Waals surface area contributed by atoms with Crippen LogP contribution in [0.2, 0.25) is 0 Å². The van der Waals surface area contributed by atoms with Crippen LogP contribution in [-0.4, -0.2) is 25.6 Å². The Morgan fingerprint density at radius 3 is 2.19 bits per heavy atom. The highest BCUT2D eigenvalue weighted by atomic mass is 16.4. The van der Waals surface area contributed by atoms with Crippen molar-refractivity contribution < 1.29 is 9.90 Å². The SMILES string of the molecule is Cc1nc(-c2ccccc2)c(-c2ccncc2)n1-c1ccc(C(=O)O)cc1. The van der Waals surface area contributed by atoms with E-state index in [-0.39, 0.29) is 5.56 Å². The van der Waals surface area contributed by atoms with E-state index in [0.29, 0.717) is 0 Å². The second-order valence-electron chi connectivity index (χ2n) is 6.15. The zero-order chi connectivity index (χ0) is 18.8. The fourth-order valence-electron chi connectivity index (χ4n) is 3.17. The van der Waals surface area contributed by atoms with Crippen molar-refractivity contribution in [2.24, 2.45) is 0 Å². The summed E-state index contributed by atoms with van der Waals surface area (Å²) < 4.78 is 2.04. The third-order valence-electron chi connectivity index (χ3n) is 4.42. The van der Waals surface area contributed by atoms with Crippen LogP contribution in [0.4, 0.5) is 0 Å². The van der Waals surface area contributed by atoms with Gasteiger partial charge in [0, 0.05) is 29.2 Å². The molecule has 5 heteroatoms. The lowest BCUT2D eigenvalue weighted by Crippen LogP contribution is -2.02. The Kier molecular flexibility index (Phi) is 4.26. The molecule has 0 spiro atoms. The highest BCUT2D eigenvalue weighted by molar-refractivity contribution is 5.88. The van der Waals surface area contributed by atoms with Crippen molar-refractivity contribution in [2.45, 2.75) is 6.92 Å². The van der Waals surface area contributed by atoms with Gasteiger partial charge < -0.3 is 5.11 Å². The monoisotopic (exact) mass is 355 g/mol. The zero-order valence-electron chi connectivity index (χ0n) is 14.7. The minimum atomic E-state index is -0.941. The van der Waals surface area contributed by atoms with Crippen LogP contribution < -0.4 is 0 Å². The molecule has 0 aliphatic carbocycles. The summed E-state index contributed by atoms with van der Waals surface area (Å²) in [5, 5.41) is 9.16. The molecule has 2 aromatic heterocycles. The molecule has 4 aromatic rings. The maximum atomic E-state index is 11.2. The largest absolute Gasteiger partial charge is 0.478 e. The molecule has 0 atom stereocenters. The number of aromatic nitrogens is 3. The summed E-state index contributed by atoms with van der Waals surface area (Å²) in [7, 11) is 0. The number of carboxylic acids is 1. The number of carbonyl (C=O) groups is 1. The molecular formula is C22H17N3O2. The number of rotatable bonds is 4. The molecular weight excluding hydrogens is 338 g/mol. The Labute approximate surface area is 156 Å². The molecule has 0 radical (unpaired) electrons. The molecule has 2 aromatic carbocycles. The van der Waals surface area contributed by atoms with E-state index in [1.807, 2.05) is 54.0 Å². The highest BCUT2D eigenvalue weighted by Gasteiger charge is 2.19. The molecule has 0 unspecified atom stereocenters. The zero-order valence-corrected chi connectivity index (χ0v) is 14.7. The number of hydrogen-bond acceptors (Lipinski definition) is 3. The van der Waals surface area contributed by atoms with Crippen molar-refractivity contribution in [2.75, 3.05) is 0 Å². The molecule has 4 rings (SSSR count). The number of nitrogens with zero attached hydrogens (tertiary/aromatic N) is 3. The lowest BCUT2D eigenvalue weighted by atomic mass is 10.1. The first-order chi connectivity index (χ1) is 13.1. The van der Waals surface area contributed by atoms with E-state index in [0.717, 1.165) is 34.0 Å². The van der Waals surface area contributed by atoms with Crippen LogP contribution in [0.25, 0.3) is 28.2 Å². The summed E-state index contributed by atoms with van der Waals surface area (Å²) >= 11 is 0. The predicted octanol–water partition coefficient (Wildman–Crippen LogP) is 4.61. The topological polar surface area (TPSA) is 68.0 Å². The maximum absolute atomic E-state index is 11.2. The standard InChI is InChI=1S/C22H17N3O2/c1-15-24-20(16-5-3-2-4-6-16)21(17-11-13-23-14-12-17)25(15)19-9-7-18(8-10-19)22(26)27/h2-14H,1H3,(H,26,27). The second kappa shape index (κ2) is 6.88. The highest BCUT2D eigenvalue weighted by Crippen LogP contribution is 2.34. The van der Waals surface area contributed by atoms with Crippen LogP contribution in [0, 0.1) is 6.92 Å². The van der Waals surface area contributed by atoms with Crippen molar-refractivity contribution in [1.82, 2.24) is 14.5 Å². The van der Waals surface area contributed by atoms with Gasteiger partial charge in [0.2, 0.25) is 0 Å². The molecule has 0 bridgehead atoms. The number of aromatic carboxylic acids is 1. The summed E-state index contributed by atoms with van der Waals surface area (Å²) in [6, 6.07) is 20.7. The average molecular weight is 355 g/mol. The van der Waals surface area contributed by atoms with Crippen LogP contribution in [0.5, 0.6) is 0 Å². The summed E-state index contributed by atoms with van der Waals surface area (Å²) in [6.45, 7) is 1.95. The van der Waals surface area contributed by atoms with Crippen LogP contribution >= 0.6 is 0 Å². The quantitative estimate of drug-likeness (QED) is 0.580. The molecule has 0 saturated carbocycles. The van der Waals surface area contributed by atoms with E-state index in [2.05, 4.69) is 4.98 Å². The van der Waals surface area contributed by atoms with Crippen molar-refractivity contribution in [3.8, 4) is 28.2 Å². The lowest BCUT2D eigenvalue weighted by molar-refractivity contribution is 0.0697. The Bertz CT molecular complexity index is 1090. The fraction of sp³-hybridized carbons (Fsp3) is 0.0455. The van der Waals surface area contributed by atoms with Crippen molar-refractivity contribution in [1.29, 1.82) is 0 Å². The van der Waals surface area contributed by atoms with Gasteiger partial charge in [-0.25, -0.2) is 9.78 Å². The molecule has 0 amide bonds. The van der Waals surface area contributed by atoms with Gasteiger partial charge >= 0.3 is 5.97 Å². The second-order valence-corrected chi connectivity index (χ2v) is 6.15. The molecule has 27 heavy (non-hydrogen) atoms. The Balaban J connectivity index is 1.96. The first kappa shape index (κ1) is 16.7. The number of benzene rings is 2. The summed E-state index contributed by atoms with van der Waals surface area (Å²) in [5.41, 5.74) is 4.95. The molecule has 1 N–H and O–H groups in total. The van der Waals surface area contributed by atoms with E-state index in [1.54, 1.807) is 36.7 Å². The third kappa shape index (κ3) is 3.11. The molecule has 2 heterocycles. The van der Waals surface area contributed by atoms with Gasteiger partial charge in [0.15, 0.2) is 0 Å². The molecule has 0 fully saturated rings. The van der Waals surface area contributed by atoms with E-state index in [1.165, 1.54) is 0 Å². The van der Waals surface area contributed by atoms with Gasteiger partial charge in [-0.15, -0.1) is 0 Å². The Morgan fingerprint density at radius 2 is 1.56 bits per heavy atom. The number of imidazole rings is 1. The lowest BCUT2D eigenvalue weighted by Gasteiger charge is -2.12. The van der Waals surface area contributed by atoms with Crippen molar-refractivity contribution in [3.05, 3.63) is 90.5 Å². The number of pyridine rings is 1. The van der Waals surface area contributed by atoms with Crippen molar-refractivity contribution >= 4 is 5.97 Å². The van der Waals surface area contributed by atoms with Crippen molar-refractivity contribution in [3.63, 3.8) is 0 Å². The van der Waals surface area contributed by atoms with E-state index in [4.69, 9.17) is 10.1 Å². The molecule has 132 valence electrons. The first-order valence-electron chi connectivity index (χ1n) is 8.54. The minimum Gasteiger partial charge on any atom is -0.478 e. The van der Waals surface area contributed by atoms with Gasteiger partial charge in [0.1, 0.15) is 5.82 Å². The Hall–Kier alpha value is -3.73. The summed E-state index contributed by atoms with van der Waals surface area (Å²) in [6.07, 6.45) is 3.51. The van der Waals surface area contributed by atoms with Gasteiger partial charge in [0.05, 0.1) is 17.0 Å². The van der Waals surface area contributed by atoms with E-state index >= 15 is 0 Å². The Morgan fingerprint density at radius 1 is 0.889 bits per heavy atom. The molecule has 5 nitrogen and oxygen atoms in total. The number of hydrogen-bond donors (Lipinski definition) is 1. The fourth-order valence-corrected chi connectivity index (χ4v) is 3.17. The van der Waals surface area contributed by atoms with Crippen LogP contribution in [-0.2, 0) is 0 Å². The van der Waals surface area contributed by atoms with E-state index < -0.39 is 5.97 Å². The summed E-state index contributed by atoms with van der Waals surface area (Å²) in [4.78, 5) is 20.1. The van der Waals surface area contributed by atoms with Gasteiger partial charge in [0.25, 0.3) is 0 Å². The van der Waals surface area contributed by atoms with Gasteiger partial charge in [-0.2, -0.15) is 0 Å². The van der Waals surface area contributed by atoms with E-state index in [9.17, 15) is 4.79 Å². The third-order valence-corrected chi connectivity index (χ3v) is 4.42. The van der Waals surface area contributed by atoms with Gasteiger partial charge in [-0.1, -0.05) is 30.3 Å². The van der Waals surface area contributed by atoms with Gasteiger partial charge in [-0.3, -0.25) is 9.55 Å². The van der Waals surface area contributed by atoms with Crippen LogP contribution in [0.1, 0.15) is 16.2 Å². The smallest absolute Gasteiger partial charge is 0.335 e. The normalized spacial score (nSPS) is 10.7. The minimum absolute atomic E-state index is 0.255. The maximum Gasteiger partial charge on any atom is 0.335 e. The molecule has 0 aliphatic rings. The van der Waals surface area contributed by atoms with Crippen LogP contribution in [0.3, 0.4) is 0 Å². The summed E-state index contributed by atoms with van der Waals surface area (Å²) in [5.74, 6) is -0.119.